The van der Waals surface area contributed by atoms with Gasteiger partial charge in [-0.2, -0.15) is 0 Å². The Kier molecular flexibility index (Phi) is 3.19. The van der Waals surface area contributed by atoms with Gasteiger partial charge >= 0.3 is 0 Å². The molecule has 0 saturated heterocycles. The molecule has 1 aromatic heterocycles. The number of aliphatic hydroxyl groups excluding tert-OH is 1. The van der Waals surface area contributed by atoms with Crippen LogP contribution in [0.4, 0.5) is 0 Å². The van der Waals surface area contributed by atoms with Gasteiger partial charge in [0.15, 0.2) is 0 Å². The Morgan fingerprint density at radius 1 is 1.50 bits per heavy atom. The average Bonchev–Trinajstić information content (AvgIpc) is 2.40. The monoisotopic (exact) mass is 211 g/mol. The Morgan fingerprint density at radius 2 is 2.29 bits per heavy atom. The van der Waals surface area contributed by atoms with Crippen LogP contribution in [0.1, 0.15) is 47.2 Å². The van der Waals surface area contributed by atoms with Gasteiger partial charge in [-0.3, -0.25) is 0 Å². The summed E-state index contributed by atoms with van der Waals surface area (Å²) in [6.07, 6.45) is 5.88. The van der Waals surface area contributed by atoms with Gasteiger partial charge in [0.1, 0.15) is 0 Å². The molecule has 1 saturated carbocycles. The maximum Gasteiger partial charge on any atom is 0.0961 e. The fourth-order valence-electron chi connectivity index (χ4n) is 1.75. The number of nitrogens with zero attached hydrogens (tertiary/aromatic N) is 1. The van der Waals surface area contributed by atoms with Gasteiger partial charge in [-0.25, -0.2) is 4.98 Å². The molecule has 1 aliphatic carbocycles. The number of aliphatic hydroxyl groups is 1. The summed E-state index contributed by atoms with van der Waals surface area (Å²) in [6, 6.07) is 0. The van der Waals surface area contributed by atoms with Gasteiger partial charge in [0, 0.05) is 17.4 Å². The third-order valence-corrected chi connectivity index (χ3v) is 4.31. The van der Waals surface area contributed by atoms with Gasteiger partial charge < -0.3 is 5.11 Å². The molecule has 1 aromatic rings. The van der Waals surface area contributed by atoms with Gasteiger partial charge in [0.2, 0.25) is 0 Å². The minimum atomic E-state index is 0.288. The largest absolute Gasteiger partial charge is 0.396 e. The minimum absolute atomic E-state index is 0.288. The van der Waals surface area contributed by atoms with E-state index < -0.39 is 0 Å². The first-order chi connectivity index (χ1) is 6.81. The van der Waals surface area contributed by atoms with E-state index in [1.165, 1.54) is 34.8 Å². The maximum absolute atomic E-state index is 8.78. The Balaban J connectivity index is 2.04. The van der Waals surface area contributed by atoms with E-state index in [4.69, 9.17) is 5.11 Å². The van der Waals surface area contributed by atoms with E-state index in [1.807, 2.05) is 11.3 Å². The van der Waals surface area contributed by atoms with Crippen molar-refractivity contribution in [1.29, 1.82) is 0 Å². The van der Waals surface area contributed by atoms with Crippen molar-refractivity contribution >= 4 is 11.3 Å². The molecule has 2 nitrogen and oxygen atoms in total. The van der Waals surface area contributed by atoms with Crippen LogP contribution in [0, 0.1) is 6.92 Å². The zero-order valence-electron chi connectivity index (χ0n) is 8.62. The van der Waals surface area contributed by atoms with Crippen LogP contribution in [0.5, 0.6) is 0 Å². The van der Waals surface area contributed by atoms with Gasteiger partial charge in [0.05, 0.1) is 10.7 Å². The van der Waals surface area contributed by atoms with Crippen LogP contribution in [0.25, 0.3) is 0 Å². The molecule has 0 amide bonds. The summed E-state index contributed by atoms with van der Waals surface area (Å²) in [5.41, 5.74) is 1.19. The zero-order chi connectivity index (χ0) is 9.97. The lowest BCUT2D eigenvalue weighted by atomic mass is 9.86. The molecule has 0 atom stereocenters. The van der Waals surface area contributed by atoms with Crippen molar-refractivity contribution in [3.8, 4) is 0 Å². The Morgan fingerprint density at radius 3 is 2.86 bits per heavy atom. The predicted molar refractivity (Wildman–Crippen MR) is 58.8 cm³/mol. The molecule has 1 fully saturated rings. The molecule has 1 aliphatic rings. The van der Waals surface area contributed by atoms with Crippen LogP contribution in [0.2, 0.25) is 0 Å². The highest BCUT2D eigenvalue weighted by Gasteiger charge is 2.23. The van der Waals surface area contributed by atoms with Crippen molar-refractivity contribution in [2.75, 3.05) is 6.61 Å². The van der Waals surface area contributed by atoms with Crippen LogP contribution >= 0.6 is 11.3 Å². The van der Waals surface area contributed by atoms with Gasteiger partial charge in [-0.1, -0.05) is 6.42 Å². The van der Waals surface area contributed by atoms with E-state index in [-0.39, 0.29) is 6.61 Å². The Labute approximate surface area is 89.0 Å². The van der Waals surface area contributed by atoms with E-state index >= 15 is 0 Å². The van der Waals surface area contributed by atoms with Gasteiger partial charge in [-0.05, 0) is 32.6 Å². The van der Waals surface area contributed by atoms with Crippen LogP contribution in [-0.2, 0) is 6.42 Å². The fourth-order valence-corrected chi connectivity index (χ4v) is 3.03. The highest BCUT2D eigenvalue weighted by molar-refractivity contribution is 7.11. The summed E-state index contributed by atoms with van der Waals surface area (Å²) in [7, 11) is 0. The second kappa shape index (κ2) is 4.41. The lowest BCUT2D eigenvalue weighted by Crippen LogP contribution is -2.07. The summed E-state index contributed by atoms with van der Waals surface area (Å²) < 4.78 is 0. The fraction of sp³-hybridized carbons (Fsp3) is 0.727. The van der Waals surface area contributed by atoms with Crippen LogP contribution in [0.3, 0.4) is 0 Å². The minimum Gasteiger partial charge on any atom is -0.396 e. The lowest BCUT2D eigenvalue weighted by Gasteiger charge is -2.22. The van der Waals surface area contributed by atoms with Crippen LogP contribution < -0.4 is 0 Å². The third kappa shape index (κ3) is 1.98. The molecule has 14 heavy (non-hydrogen) atoms. The maximum atomic E-state index is 8.78. The van der Waals surface area contributed by atoms with Gasteiger partial charge in [0.25, 0.3) is 0 Å². The number of rotatable bonds is 4. The molecule has 2 rings (SSSR count). The van der Waals surface area contributed by atoms with Crippen molar-refractivity contribution in [2.45, 2.75) is 44.9 Å². The highest BCUT2D eigenvalue weighted by Crippen LogP contribution is 2.39. The summed E-state index contributed by atoms with van der Waals surface area (Å²) in [5, 5.41) is 10.1. The van der Waals surface area contributed by atoms with Crippen molar-refractivity contribution in [2.24, 2.45) is 0 Å². The SMILES string of the molecule is Cc1nc(C2CCC2)sc1CCCO. The van der Waals surface area contributed by atoms with E-state index in [9.17, 15) is 0 Å². The van der Waals surface area contributed by atoms with Gasteiger partial charge in [-0.15, -0.1) is 11.3 Å². The first-order valence-corrected chi connectivity index (χ1v) is 6.20. The van der Waals surface area contributed by atoms with Crippen molar-refractivity contribution < 1.29 is 5.11 Å². The first kappa shape index (κ1) is 10.1. The second-order valence-electron chi connectivity index (χ2n) is 4.02. The van der Waals surface area contributed by atoms with Crippen LogP contribution in [0.15, 0.2) is 0 Å². The second-order valence-corrected chi connectivity index (χ2v) is 5.13. The molecule has 0 spiro atoms. The lowest BCUT2D eigenvalue weighted by molar-refractivity contribution is 0.289. The molecule has 1 heterocycles. The number of thiazole rings is 1. The predicted octanol–water partition coefficient (Wildman–Crippen LogP) is 2.64. The van der Waals surface area contributed by atoms with Crippen molar-refractivity contribution in [3.63, 3.8) is 0 Å². The standard InChI is InChI=1S/C11H17NOS/c1-8-10(6-3-7-13)14-11(12-8)9-4-2-5-9/h9,13H,2-7H2,1H3. The highest BCUT2D eigenvalue weighted by atomic mass is 32.1. The van der Waals surface area contributed by atoms with E-state index in [1.54, 1.807) is 0 Å². The number of hydrogen-bond acceptors (Lipinski definition) is 3. The normalized spacial score (nSPS) is 17.0. The molecular formula is C11H17NOS. The Bertz CT molecular complexity index is 304. The average molecular weight is 211 g/mol. The third-order valence-electron chi connectivity index (χ3n) is 2.93. The molecule has 0 bridgehead atoms. The molecule has 0 unspecified atom stereocenters. The summed E-state index contributed by atoms with van der Waals surface area (Å²) in [5.74, 6) is 0.751. The quantitative estimate of drug-likeness (QED) is 0.830. The smallest absolute Gasteiger partial charge is 0.0961 e. The van der Waals surface area contributed by atoms with Crippen molar-refractivity contribution in [3.05, 3.63) is 15.6 Å². The number of aryl methyl sites for hydroxylation is 2. The van der Waals surface area contributed by atoms with Crippen molar-refractivity contribution in [1.82, 2.24) is 4.98 Å². The number of hydrogen-bond donors (Lipinski definition) is 1. The summed E-state index contributed by atoms with van der Waals surface area (Å²) in [4.78, 5) is 6.00. The topological polar surface area (TPSA) is 33.1 Å². The Hall–Kier alpha value is -0.410. The van der Waals surface area contributed by atoms with E-state index in [2.05, 4.69) is 11.9 Å². The van der Waals surface area contributed by atoms with Crippen LogP contribution in [-0.4, -0.2) is 16.7 Å². The molecule has 0 aromatic carbocycles. The van der Waals surface area contributed by atoms with E-state index in [0.29, 0.717) is 0 Å². The summed E-state index contributed by atoms with van der Waals surface area (Å²) >= 11 is 1.86. The van der Waals surface area contributed by atoms with E-state index in [0.717, 1.165) is 18.8 Å². The molecular weight excluding hydrogens is 194 g/mol. The summed E-state index contributed by atoms with van der Waals surface area (Å²) in [6.45, 7) is 2.38. The molecule has 1 N–H and O–H groups in total. The zero-order valence-corrected chi connectivity index (χ0v) is 9.44. The molecule has 0 aliphatic heterocycles. The number of aromatic nitrogens is 1. The molecule has 0 radical (unpaired) electrons. The molecule has 3 heteroatoms. The molecule has 78 valence electrons. The first-order valence-electron chi connectivity index (χ1n) is 5.38.